The van der Waals surface area contributed by atoms with E-state index in [-0.39, 0.29) is 82.4 Å². The molecule has 0 fully saturated rings. The van der Waals surface area contributed by atoms with Crippen LogP contribution >= 0.6 is 0 Å². The number of hydrogen-bond donors (Lipinski definition) is 6. The lowest BCUT2D eigenvalue weighted by atomic mass is 10.00. The van der Waals surface area contributed by atoms with Crippen molar-refractivity contribution >= 4 is 17.7 Å². The van der Waals surface area contributed by atoms with Gasteiger partial charge in [-0.1, -0.05) is 0 Å². The summed E-state index contributed by atoms with van der Waals surface area (Å²) in [7, 11) is 0. The molecule has 0 heterocycles. The van der Waals surface area contributed by atoms with E-state index in [9.17, 15) is 45.0 Å². The predicted octanol–water partition coefficient (Wildman–Crippen LogP) is -3.03. The number of amides is 3. The van der Waals surface area contributed by atoms with Crippen molar-refractivity contribution in [3.05, 3.63) is 34.9 Å². The second-order valence-corrected chi connectivity index (χ2v) is 6.98. The van der Waals surface area contributed by atoms with Gasteiger partial charge in [-0.2, -0.15) is 0 Å². The lowest BCUT2D eigenvalue weighted by Gasteiger charge is -2.26. The van der Waals surface area contributed by atoms with Crippen LogP contribution in [-0.2, 0) is 0 Å². The summed E-state index contributed by atoms with van der Waals surface area (Å²) in [6.07, 6.45) is 0. The molecule has 1 rings (SSSR count). The summed E-state index contributed by atoms with van der Waals surface area (Å²) in [5, 5.41) is 55.5. The molecular formula is C21H33N3O9. The molecule has 0 radical (unpaired) electrons. The summed E-state index contributed by atoms with van der Waals surface area (Å²) in [5.41, 5.74) is -0.225. The summed E-state index contributed by atoms with van der Waals surface area (Å²) in [6.45, 7) is -2.74. The first-order chi connectivity index (χ1) is 15.9. The largest absolute Gasteiger partial charge is 0.395 e. The van der Waals surface area contributed by atoms with E-state index in [1.807, 2.05) is 0 Å². The Labute approximate surface area is 191 Å². The first-order valence-corrected chi connectivity index (χ1v) is 10.6. The quantitative estimate of drug-likeness (QED) is 0.155. The molecule has 0 aliphatic heterocycles. The number of aliphatic hydroxyl groups excluding tert-OH is 6. The SMILES string of the molecule is O=C(c1ccc(C(=O)N(CCO)CCO)c(C(=O)N(CCO)CCO)c1)N(CCO)CCO. The molecule has 0 aliphatic carbocycles. The van der Waals surface area contributed by atoms with Gasteiger partial charge in [0.1, 0.15) is 0 Å². The van der Waals surface area contributed by atoms with Gasteiger partial charge in [0, 0.05) is 44.8 Å². The van der Waals surface area contributed by atoms with Crippen molar-refractivity contribution in [1.29, 1.82) is 0 Å². The van der Waals surface area contributed by atoms with Crippen LogP contribution < -0.4 is 0 Å². The molecule has 0 atom stereocenters. The molecule has 0 bridgehead atoms. The number of carbonyl (C=O) groups excluding carboxylic acids is 3. The minimum absolute atomic E-state index is 0.0283. The predicted molar refractivity (Wildman–Crippen MR) is 117 cm³/mol. The standard InChI is InChI=1S/C21H33N3O9/c25-9-3-22(4-10-26)19(31)16-1-2-17(20(32)23(5-11-27)6-12-28)18(15-16)21(33)24(7-13-29)8-14-30/h1-2,15,25-30H,3-14H2. The average molecular weight is 472 g/mol. The van der Waals surface area contributed by atoms with Gasteiger partial charge in [0.15, 0.2) is 0 Å². The number of rotatable bonds is 15. The number of hydrogen-bond acceptors (Lipinski definition) is 9. The van der Waals surface area contributed by atoms with Crippen LogP contribution in [-0.4, -0.2) is 142 Å². The minimum Gasteiger partial charge on any atom is -0.395 e. The lowest BCUT2D eigenvalue weighted by Crippen LogP contribution is -2.40. The fourth-order valence-electron chi connectivity index (χ4n) is 3.23. The highest BCUT2D eigenvalue weighted by atomic mass is 16.3. The Hall–Kier alpha value is -2.61. The van der Waals surface area contributed by atoms with Gasteiger partial charge in [0.2, 0.25) is 0 Å². The first kappa shape index (κ1) is 28.4. The maximum atomic E-state index is 13.2. The Balaban J connectivity index is 3.53. The van der Waals surface area contributed by atoms with Gasteiger partial charge in [-0.15, -0.1) is 0 Å². The Morgan fingerprint density at radius 2 is 0.848 bits per heavy atom. The Bertz CT molecular complexity index is 757. The average Bonchev–Trinajstić information content (AvgIpc) is 2.82. The van der Waals surface area contributed by atoms with Crippen LogP contribution in [0.1, 0.15) is 31.1 Å². The molecule has 0 aliphatic rings. The smallest absolute Gasteiger partial charge is 0.254 e. The van der Waals surface area contributed by atoms with Gasteiger partial charge in [-0.25, -0.2) is 0 Å². The van der Waals surface area contributed by atoms with E-state index in [1.165, 1.54) is 23.1 Å². The van der Waals surface area contributed by atoms with Crippen LogP contribution in [0.5, 0.6) is 0 Å². The van der Waals surface area contributed by atoms with Crippen molar-refractivity contribution in [2.75, 3.05) is 78.9 Å². The number of benzene rings is 1. The van der Waals surface area contributed by atoms with Crippen molar-refractivity contribution in [2.45, 2.75) is 0 Å². The lowest BCUT2D eigenvalue weighted by molar-refractivity contribution is 0.0646. The van der Waals surface area contributed by atoms with Crippen molar-refractivity contribution in [3.63, 3.8) is 0 Å². The Morgan fingerprint density at radius 3 is 1.21 bits per heavy atom. The van der Waals surface area contributed by atoms with Crippen LogP contribution in [0.15, 0.2) is 18.2 Å². The van der Waals surface area contributed by atoms with E-state index >= 15 is 0 Å². The van der Waals surface area contributed by atoms with Crippen molar-refractivity contribution in [1.82, 2.24) is 14.7 Å². The molecule has 6 N–H and O–H groups in total. The van der Waals surface area contributed by atoms with E-state index in [2.05, 4.69) is 0 Å². The third-order valence-electron chi connectivity index (χ3n) is 4.81. The Morgan fingerprint density at radius 1 is 0.515 bits per heavy atom. The number of carbonyl (C=O) groups is 3. The number of nitrogens with zero attached hydrogens (tertiary/aromatic N) is 3. The number of aliphatic hydroxyl groups is 6. The molecule has 12 heteroatoms. The van der Waals surface area contributed by atoms with Gasteiger partial charge in [-0.05, 0) is 18.2 Å². The highest BCUT2D eigenvalue weighted by Gasteiger charge is 2.27. The van der Waals surface area contributed by atoms with Crippen molar-refractivity contribution in [3.8, 4) is 0 Å². The molecule has 0 aromatic heterocycles. The first-order valence-electron chi connectivity index (χ1n) is 10.6. The molecule has 0 unspecified atom stereocenters. The monoisotopic (exact) mass is 471 g/mol. The van der Waals surface area contributed by atoms with Crippen LogP contribution in [0.25, 0.3) is 0 Å². The molecule has 0 spiro atoms. The summed E-state index contributed by atoms with van der Waals surface area (Å²) in [6, 6.07) is 3.81. The molecule has 1 aromatic rings. The molecule has 33 heavy (non-hydrogen) atoms. The van der Waals surface area contributed by atoms with Gasteiger partial charge < -0.3 is 45.3 Å². The van der Waals surface area contributed by atoms with Crippen molar-refractivity contribution < 1.29 is 45.0 Å². The molecule has 186 valence electrons. The molecule has 12 nitrogen and oxygen atoms in total. The normalized spacial score (nSPS) is 10.7. The zero-order chi connectivity index (χ0) is 24.8. The fraction of sp³-hybridized carbons (Fsp3) is 0.571. The molecule has 0 saturated carbocycles. The maximum Gasteiger partial charge on any atom is 0.254 e. The minimum atomic E-state index is -0.708. The topological polar surface area (TPSA) is 182 Å². The molecule has 1 aromatic carbocycles. The van der Waals surface area contributed by atoms with E-state index < -0.39 is 30.9 Å². The third kappa shape index (κ3) is 8.03. The zero-order valence-electron chi connectivity index (χ0n) is 18.5. The fourth-order valence-corrected chi connectivity index (χ4v) is 3.23. The summed E-state index contributed by atoms with van der Waals surface area (Å²) in [5.74, 6) is -1.94. The van der Waals surface area contributed by atoms with Crippen LogP contribution in [0, 0.1) is 0 Å². The highest BCUT2D eigenvalue weighted by molar-refractivity contribution is 6.09. The van der Waals surface area contributed by atoms with Gasteiger partial charge in [0.25, 0.3) is 17.7 Å². The van der Waals surface area contributed by atoms with E-state index in [0.717, 1.165) is 9.80 Å². The van der Waals surface area contributed by atoms with E-state index in [4.69, 9.17) is 0 Å². The second kappa shape index (κ2) is 15.3. The van der Waals surface area contributed by atoms with E-state index in [0.29, 0.717) is 0 Å². The van der Waals surface area contributed by atoms with Gasteiger partial charge in [0.05, 0.1) is 50.8 Å². The zero-order valence-corrected chi connectivity index (χ0v) is 18.5. The van der Waals surface area contributed by atoms with E-state index in [1.54, 1.807) is 0 Å². The second-order valence-electron chi connectivity index (χ2n) is 6.98. The van der Waals surface area contributed by atoms with Gasteiger partial charge in [-0.3, -0.25) is 14.4 Å². The molecule has 3 amide bonds. The summed E-state index contributed by atoms with van der Waals surface area (Å²) in [4.78, 5) is 42.6. The van der Waals surface area contributed by atoms with Crippen LogP contribution in [0.2, 0.25) is 0 Å². The van der Waals surface area contributed by atoms with Crippen LogP contribution in [0.4, 0.5) is 0 Å². The third-order valence-corrected chi connectivity index (χ3v) is 4.81. The highest BCUT2D eigenvalue weighted by Crippen LogP contribution is 2.19. The molecule has 0 saturated heterocycles. The maximum absolute atomic E-state index is 13.2. The van der Waals surface area contributed by atoms with Crippen molar-refractivity contribution in [2.24, 2.45) is 0 Å². The Kier molecular flexibility index (Phi) is 13.1. The molecular weight excluding hydrogens is 438 g/mol. The summed E-state index contributed by atoms with van der Waals surface area (Å²) < 4.78 is 0. The van der Waals surface area contributed by atoms with Gasteiger partial charge >= 0.3 is 0 Å². The summed E-state index contributed by atoms with van der Waals surface area (Å²) >= 11 is 0. The van der Waals surface area contributed by atoms with Crippen LogP contribution in [0.3, 0.4) is 0 Å².